The maximum atomic E-state index is 12.6. The Hall–Kier alpha value is -0.710. The largest absolute Gasteiger partial charge is 0.317 e. The fraction of sp³-hybridized carbons (Fsp3) is 0.750. The van der Waals surface area contributed by atoms with Gasteiger partial charge in [-0.15, -0.1) is 21.8 Å². The van der Waals surface area contributed by atoms with Crippen molar-refractivity contribution >= 4 is 11.6 Å². The second kappa shape index (κ2) is 3.15. The predicted octanol–water partition coefficient (Wildman–Crippen LogP) is 2.07. The van der Waals surface area contributed by atoms with Crippen molar-refractivity contribution in [2.24, 2.45) is 7.05 Å². The summed E-state index contributed by atoms with van der Waals surface area (Å²) in [4.78, 5) is 0. The van der Waals surface area contributed by atoms with Crippen LogP contribution in [0.2, 0.25) is 0 Å². The zero-order chi connectivity index (χ0) is 10.3. The van der Waals surface area contributed by atoms with Gasteiger partial charge in [0.1, 0.15) is 11.6 Å². The lowest BCUT2D eigenvalue weighted by molar-refractivity contribution is -0.0890. The molecule has 1 aromatic heterocycles. The van der Waals surface area contributed by atoms with Crippen molar-refractivity contribution in [3.05, 3.63) is 11.6 Å². The van der Waals surface area contributed by atoms with E-state index in [-0.39, 0.29) is 24.6 Å². The molecule has 0 saturated heterocycles. The lowest BCUT2D eigenvalue weighted by Crippen LogP contribution is -2.35. The van der Waals surface area contributed by atoms with Crippen LogP contribution in [0.15, 0.2) is 0 Å². The molecule has 0 bridgehead atoms. The van der Waals surface area contributed by atoms with Crippen molar-refractivity contribution in [3.63, 3.8) is 0 Å². The number of rotatable bonds is 2. The molecule has 1 heterocycles. The molecule has 1 aliphatic rings. The molecule has 1 saturated carbocycles. The average molecular weight is 222 g/mol. The van der Waals surface area contributed by atoms with Gasteiger partial charge < -0.3 is 4.57 Å². The first-order chi connectivity index (χ1) is 6.53. The van der Waals surface area contributed by atoms with E-state index >= 15 is 0 Å². The molecule has 0 amide bonds. The highest BCUT2D eigenvalue weighted by Crippen LogP contribution is 2.47. The van der Waals surface area contributed by atoms with E-state index in [0.29, 0.717) is 11.6 Å². The van der Waals surface area contributed by atoms with E-state index in [1.165, 1.54) is 0 Å². The normalized spacial score (nSPS) is 20.9. The molecule has 0 radical (unpaired) electrons. The summed E-state index contributed by atoms with van der Waals surface area (Å²) >= 11 is 5.60. The zero-order valence-electron chi connectivity index (χ0n) is 7.67. The van der Waals surface area contributed by atoms with E-state index in [0.717, 1.165) is 0 Å². The molecule has 6 heteroatoms. The fourth-order valence-electron chi connectivity index (χ4n) is 1.69. The fourth-order valence-corrected chi connectivity index (χ4v) is 1.92. The molecule has 0 aliphatic heterocycles. The van der Waals surface area contributed by atoms with Crippen LogP contribution < -0.4 is 0 Å². The van der Waals surface area contributed by atoms with Gasteiger partial charge >= 0.3 is 0 Å². The van der Waals surface area contributed by atoms with E-state index in [1.807, 2.05) is 0 Å². The third kappa shape index (κ3) is 1.49. The van der Waals surface area contributed by atoms with Crippen LogP contribution in [0.25, 0.3) is 0 Å². The van der Waals surface area contributed by atoms with Crippen molar-refractivity contribution in [2.45, 2.75) is 30.6 Å². The van der Waals surface area contributed by atoms with Gasteiger partial charge in [0.2, 0.25) is 5.92 Å². The first-order valence-electron chi connectivity index (χ1n) is 4.35. The number of alkyl halides is 3. The molecular formula is C8H10ClF2N3. The van der Waals surface area contributed by atoms with Crippen LogP contribution in [-0.2, 0) is 12.9 Å². The molecule has 0 atom stereocenters. The smallest absolute Gasteiger partial charge is 0.249 e. The van der Waals surface area contributed by atoms with E-state index in [9.17, 15) is 8.78 Å². The van der Waals surface area contributed by atoms with Gasteiger partial charge in [-0.3, -0.25) is 0 Å². The lowest BCUT2D eigenvalue weighted by atomic mass is 9.81. The van der Waals surface area contributed by atoms with Crippen LogP contribution >= 0.6 is 11.6 Å². The maximum Gasteiger partial charge on any atom is 0.249 e. The van der Waals surface area contributed by atoms with E-state index in [2.05, 4.69) is 10.2 Å². The van der Waals surface area contributed by atoms with Gasteiger partial charge in [0.05, 0.1) is 5.88 Å². The minimum absolute atomic E-state index is 0.124. The Morgan fingerprint density at radius 1 is 1.50 bits per heavy atom. The average Bonchev–Trinajstić information content (AvgIpc) is 2.42. The highest BCUT2D eigenvalue weighted by atomic mass is 35.5. The Balaban J connectivity index is 2.15. The Morgan fingerprint density at radius 3 is 2.57 bits per heavy atom. The number of hydrogen-bond donors (Lipinski definition) is 0. The molecule has 1 fully saturated rings. The third-order valence-electron chi connectivity index (χ3n) is 2.57. The van der Waals surface area contributed by atoms with Gasteiger partial charge in [-0.05, 0) is 0 Å². The second-order valence-electron chi connectivity index (χ2n) is 3.63. The van der Waals surface area contributed by atoms with Gasteiger partial charge in [-0.2, -0.15) is 0 Å². The van der Waals surface area contributed by atoms with Crippen LogP contribution in [0.3, 0.4) is 0 Å². The highest BCUT2D eigenvalue weighted by molar-refractivity contribution is 6.16. The van der Waals surface area contributed by atoms with Gasteiger partial charge in [0.25, 0.3) is 0 Å². The predicted molar refractivity (Wildman–Crippen MR) is 47.5 cm³/mol. The quantitative estimate of drug-likeness (QED) is 0.716. The van der Waals surface area contributed by atoms with Gasteiger partial charge in [0, 0.05) is 25.8 Å². The summed E-state index contributed by atoms with van der Waals surface area (Å²) in [5.74, 6) is -1.19. The van der Waals surface area contributed by atoms with Crippen LogP contribution in [-0.4, -0.2) is 20.7 Å². The minimum Gasteiger partial charge on any atom is -0.317 e. The number of aromatic nitrogens is 3. The molecule has 14 heavy (non-hydrogen) atoms. The molecule has 0 spiro atoms. The molecule has 3 nitrogen and oxygen atoms in total. The van der Waals surface area contributed by atoms with Crippen molar-refractivity contribution in [2.75, 3.05) is 0 Å². The summed E-state index contributed by atoms with van der Waals surface area (Å²) in [6, 6.07) is 0. The van der Waals surface area contributed by atoms with Crippen LogP contribution in [0.1, 0.15) is 30.4 Å². The highest BCUT2D eigenvalue weighted by Gasteiger charge is 2.47. The summed E-state index contributed by atoms with van der Waals surface area (Å²) in [5.41, 5.74) is 0. The zero-order valence-corrected chi connectivity index (χ0v) is 8.43. The standard InChI is InChI=1S/C8H10ClF2N3/c1-14-6(4-9)12-13-7(14)5-2-8(10,11)3-5/h5H,2-4H2,1H3. The first-order valence-corrected chi connectivity index (χ1v) is 4.89. The Bertz CT molecular complexity index is 342. The van der Waals surface area contributed by atoms with Crippen molar-refractivity contribution in [1.82, 2.24) is 14.8 Å². The number of hydrogen-bond acceptors (Lipinski definition) is 2. The SMILES string of the molecule is Cn1c(CCl)nnc1C1CC(F)(F)C1. The summed E-state index contributed by atoms with van der Waals surface area (Å²) in [6.45, 7) is 0. The number of halogens is 3. The summed E-state index contributed by atoms with van der Waals surface area (Å²) < 4.78 is 26.9. The van der Waals surface area contributed by atoms with Crippen molar-refractivity contribution in [1.29, 1.82) is 0 Å². The van der Waals surface area contributed by atoms with Crippen molar-refractivity contribution < 1.29 is 8.78 Å². The number of nitrogens with zero attached hydrogens (tertiary/aromatic N) is 3. The topological polar surface area (TPSA) is 30.7 Å². The monoisotopic (exact) mass is 221 g/mol. The van der Waals surface area contributed by atoms with Gasteiger partial charge in [0.15, 0.2) is 0 Å². The Kier molecular flexibility index (Phi) is 2.21. The van der Waals surface area contributed by atoms with Gasteiger partial charge in [-0.25, -0.2) is 8.78 Å². The minimum atomic E-state index is -2.52. The Morgan fingerprint density at radius 2 is 2.14 bits per heavy atom. The molecule has 78 valence electrons. The van der Waals surface area contributed by atoms with Crippen molar-refractivity contribution in [3.8, 4) is 0 Å². The van der Waals surface area contributed by atoms with Gasteiger partial charge in [-0.1, -0.05) is 0 Å². The lowest BCUT2D eigenvalue weighted by Gasteiger charge is -2.33. The van der Waals surface area contributed by atoms with Crippen LogP contribution in [0, 0.1) is 0 Å². The summed E-state index contributed by atoms with van der Waals surface area (Å²) in [7, 11) is 1.75. The molecule has 2 rings (SSSR count). The van der Waals surface area contributed by atoms with E-state index < -0.39 is 5.92 Å². The molecule has 0 unspecified atom stereocenters. The molecule has 1 aliphatic carbocycles. The van der Waals surface area contributed by atoms with E-state index in [1.54, 1.807) is 11.6 Å². The third-order valence-corrected chi connectivity index (χ3v) is 2.81. The summed E-state index contributed by atoms with van der Waals surface area (Å²) in [5, 5.41) is 7.69. The molecule has 1 aromatic rings. The molecule has 0 aromatic carbocycles. The van der Waals surface area contributed by atoms with E-state index in [4.69, 9.17) is 11.6 Å². The maximum absolute atomic E-state index is 12.6. The van der Waals surface area contributed by atoms with Crippen LogP contribution in [0.4, 0.5) is 8.78 Å². The summed E-state index contributed by atoms with van der Waals surface area (Å²) in [6.07, 6.45) is -0.248. The second-order valence-corrected chi connectivity index (χ2v) is 3.90. The molecule has 0 N–H and O–H groups in total. The van der Waals surface area contributed by atoms with Crippen LogP contribution in [0.5, 0.6) is 0 Å². The Labute approximate surface area is 85.1 Å². The first kappa shape index (κ1) is 9.83. The molecular weight excluding hydrogens is 212 g/mol.